The van der Waals surface area contributed by atoms with Gasteiger partial charge in [-0.1, -0.05) is 0 Å². The van der Waals surface area contributed by atoms with Crippen LogP contribution in [0.2, 0.25) is 0 Å². The van der Waals surface area contributed by atoms with E-state index < -0.39 is 17.9 Å². The Labute approximate surface area is 89.6 Å². The summed E-state index contributed by atoms with van der Waals surface area (Å²) in [5.41, 5.74) is -2.65. The van der Waals surface area contributed by atoms with Crippen LogP contribution in [0, 0.1) is 56.7 Å². The van der Waals surface area contributed by atoms with E-state index in [9.17, 15) is 4.79 Å². The van der Waals surface area contributed by atoms with Crippen molar-refractivity contribution in [2.75, 3.05) is 0 Å². The minimum atomic E-state index is -2.65. The smallest absolute Gasteiger partial charge is 0.401 e. The largest absolute Gasteiger partial charge is 0.513 e. The summed E-state index contributed by atoms with van der Waals surface area (Å²) in [6.07, 6.45) is -3.36. The van der Waals surface area contributed by atoms with Crippen molar-refractivity contribution in [1.29, 1.82) is 26.3 Å². The lowest BCUT2D eigenvalue weighted by Crippen LogP contribution is -2.31. The maximum atomic E-state index is 10.9. The van der Waals surface area contributed by atoms with Crippen molar-refractivity contribution in [2.24, 2.45) is 0 Å². The van der Waals surface area contributed by atoms with Crippen LogP contribution >= 0.6 is 0 Å². The zero-order valence-corrected chi connectivity index (χ0v) is 7.54. The van der Waals surface area contributed by atoms with Gasteiger partial charge in [0.2, 0.25) is 0 Å². The predicted octanol–water partition coefficient (Wildman–Crippen LogP) is -0.135. The van der Waals surface area contributed by atoms with Crippen molar-refractivity contribution in [3.63, 3.8) is 0 Å². The summed E-state index contributed by atoms with van der Waals surface area (Å²) in [6.45, 7) is 0. The van der Waals surface area contributed by atoms with Crippen molar-refractivity contribution in [2.45, 2.75) is 11.7 Å². The number of carbonyl (C=O) groups excluding carboxylic acids is 1. The molecule has 0 unspecified atom stereocenters. The van der Waals surface area contributed by atoms with Crippen LogP contribution in [0.5, 0.6) is 0 Å². The fourth-order valence-electron chi connectivity index (χ4n) is 0.470. The average Bonchev–Trinajstić information content (AvgIpc) is 2.33. The third kappa shape index (κ3) is 2.89. The third-order valence-corrected chi connectivity index (χ3v) is 1.16. The van der Waals surface area contributed by atoms with Gasteiger partial charge in [-0.3, -0.25) is 0 Å². The molecule has 0 rings (SSSR count). The molecule has 8 nitrogen and oxygen atoms in total. The quantitative estimate of drug-likeness (QED) is 0.576. The van der Waals surface area contributed by atoms with Gasteiger partial charge in [0.05, 0.1) is 0 Å². The lowest BCUT2D eigenvalue weighted by Gasteiger charge is -2.10. The first-order valence-electron chi connectivity index (χ1n) is 3.50. The van der Waals surface area contributed by atoms with Crippen LogP contribution < -0.4 is 0 Å². The number of ether oxygens (including phenoxy) is 2. The van der Waals surface area contributed by atoms with E-state index in [4.69, 9.17) is 26.3 Å². The molecule has 76 valence electrons. The normalized spacial score (nSPS) is 8.50. The van der Waals surface area contributed by atoms with Crippen LogP contribution in [0.15, 0.2) is 0 Å². The van der Waals surface area contributed by atoms with Crippen molar-refractivity contribution in [1.82, 2.24) is 0 Å². The van der Waals surface area contributed by atoms with E-state index in [1.54, 1.807) is 0 Å². The number of rotatable bonds is 2. The molecule has 0 heterocycles. The molecule has 0 amide bonds. The first-order valence-corrected chi connectivity index (χ1v) is 3.50. The van der Waals surface area contributed by atoms with E-state index in [0.717, 1.165) is 18.2 Å². The molecule has 0 spiro atoms. The molecule has 0 bridgehead atoms. The highest BCUT2D eigenvalue weighted by atomic mass is 16.7. The second kappa shape index (κ2) is 5.45. The first-order chi connectivity index (χ1) is 7.57. The van der Waals surface area contributed by atoms with Gasteiger partial charge in [0, 0.05) is 0 Å². The Morgan fingerprint density at radius 3 is 1.75 bits per heavy atom. The molecule has 0 saturated heterocycles. The van der Waals surface area contributed by atoms with Crippen molar-refractivity contribution in [3.8, 4) is 30.3 Å². The number of hydrogen-bond donors (Lipinski definition) is 0. The minimum absolute atomic E-state index is 1.14. The van der Waals surface area contributed by atoms with E-state index in [-0.39, 0.29) is 0 Å². The Morgan fingerprint density at radius 2 is 1.44 bits per heavy atom. The SMILES string of the molecule is N#CC(C#N)OC(=O)OC(C#N)(C#N)C#N. The number of carbonyl (C=O) groups is 1. The summed E-state index contributed by atoms with van der Waals surface area (Å²) < 4.78 is 8.15. The Balaban J connectivity index is 4.69. The van der Waals surface area contributed by atoms with Crippen LogP contribution in [0.3, 0.4) is 0 Å². The molecule has 0 radical (unpaired) electrons. The van der Waals surface area contributed by atoms with Gasteiger partial charge < -0.3 is 9.47 Å². The molecule has 0 N–H and O–H groups in total. The van der Waals surface area contributed by atoms with Crippen molar-refractivity contribution in [3.05, 3.63) is 0 Å². The highest BCUT2D eigenvalue weighted by Gasteiger charge is 2.36. The summed E-state index contributed by atoms with van der Waals surface area (Å²) >= 11 is 0. The number of nitriles is 5. The second-order valence-corrected chi connectivity index (χ2v) is 2.12. The molecule has 16 heavy (non-hydrogen) atoms. The van der Waals surface area contributed by atoms with Gasteiger partial charge in [0.25, 0.3) is 6.10 Å². The van der Waals surface area contributed by atoms with Crippen LogP contribution in [-0.2, 0) is 9.47 Å². The zero-order valence-electron chi connectivity index (χ0n) is 7.54. The zero-order chi connectivity index (χ0) is 12.6. The molecular formula is C8HN5O3. The highest BCUT2D eigenvalue weighted by molar-refractivity contribution is 5.63. The minimum Gasteiger partial charge on any atom is -0.401 e. The Bertz CT molecular complexity index is 442. The monoisotopic (exact) mass is 215 g/mol. The maximum absolute atomic E-state index is 10.9. The van der Waals surface area contributed by atoms with Crippen LogP contribution in [0.4, 0.5) is 4.79 Å². The maximum Gasteiger partial charge on any atom is 0.513 e. The molecule has 0 aromatic rings. The average molecular weight is 215 g/mol. The molecule has 0 atom stereocenters. The van der Waals surface area contributed by atoms with Crippen molar-refractivity contribution < 1.29 is 14.3 Å². The predicted molar refractivity (Wildman–Crippen MR) is 42.1 cm³/mol. The van der Waals surface area contributed by atoms with Gasteiger partial charge in [-0.05, 0) is 0 Å². The molecule has 0 aliphatic carbocycles. The summed E-state index contributed by atoms with van der Waals surface area (Å²) in [6, 6.07) is 6.01. The summed E-state index contributed by atoms with van der Waals surface area (Å²) in [5.74, 6) is 0. The first kappa shape index (κ1) is 12.7. The molecule has 0 fully saturated rings. The lowest BCUT2D eigenvalue weighted by atomic mass is 10.1. The van der Waals surface area contributed by atoms with E-state index in [1.807, 2.05) is 0 Å². The van der Waals surface area contributed by atoms with Gasteiger partial charge >= 0.3 is 11.8 Å². The Hall–Kier alpha value is -3.28. The van der Waals surface area contributed by atoms with E-state index in [0.29, 0.717) is 0 Å². The van der Waals surface area contributed by atoms with Gasteiger partial charge in [0.1, 0.15) is 30.3 Å². The lowest BCUT2D eigenvalue weighted by molar-refractivity contribution is 0.0301. The molecule has 0 saturated carbocycles. The molecule has 0 aliphatic heterocycles. The van der Waals surface area contributed by atoms with Gasteiger partial charge in [0.15, 0.2) is 0 Å². The van der Waals surface area contributed by atoms with Crippen molar-refractivity contribution >= 4 is 6.16 Å². The van der Waals surface area contributed by atoms with Crippen LogP contribution in [0.1, 0.15) is 0 Å². The fraction of sp³-hybridized carbons (Fsp3) is 0.250. The fourth-order valence-corrected chi connectivity index (χ4v) is 0.470. The van der Waals surface area contributed by atoms with E-state index >= 15 is 0 Å². The Morgan fingerprint density at radius 1 is 1.00 bits per heavy atom. The molecule has 0 aromatic carbocycles. The van der Waals surface area contributed by atoms with E-state index in [2.05, 4.69) is 9.47 Å². The Kier molecular flexibility index (Phi) is 4.33. The summed E-state index contributed by atoms with van der Waals surface area (Å²) in [7, 11) is 0. The molecule has 0 aliphatic rings. The number of nitrogens with zero attached hydrogens (tertiary/aromatic N) is 5. The summed E-state index contributed by atoms with van der Waals surface area (Å²) in [5, 5.41) is 41.7. The van der Waals surface area contributed by atoms with Gasteiger partial charge in [-0.25, -0.2) is 4.79 Å². The van der Waals surface area contributed by atoms with E-state index in [1.165, 1.54) is 12.1 Å². The van der Waals surface area contributed by atoms with Gasteiger partial charge in [-0.2, -0.15) is 26.3 Å². The standard InChI is InChI=1S/C8HN5O3/c9-1-6(2-10)15-7(14)16-8(3-11,4-12)5-13/h6H. The van der Waals surface area contributed by atoms with Crippen LogP contribution in [-0.4, -0.2) is 17.9 Å². The topological polar surface area (TPSA) is 154 Å². The summed E-state index contributed by atoms with van der Waals surface area (Å²) in [4.78, 5) is 10.9. The highest BCUT2D eigenvalue weighted by Crippen LogP contribution is 2.09. The van der Waals surface area contributed by atoms with Gasteiger partial charge in [-0.15, -0.1) is 0 Å². The third-order valence-electron chi connectivity index (χ3n) is 1.16. The molecule has 0 aromatic heterocycles. The molecular weight excluding hydrogens is 214 g/mol. The second-order valence-electron chi connectivity index (χ2n) is 2.12. The molecule has 8 heteroatoms. The van der Waals surface area contributed by atoms with Crippen LogP contribution in [0.25, 0.3) is 0 Å². The number of hydrogen-bond acceptors (Lipinski definition) is 8.